The summed E-state index contributed by atoms with van der Waals surface area (Å²) in [5.74, 6) is -0.950. The van der Waals surface area contributed by atoms with Crippen molar-refractivity contribution in [1.82, 2.24) is 5.43 Å². The minimum Gasteiger partial charge on any atom is -0.423 e. The maximum absolute atomic E-state index is 12.3. The van der Waals surface area contributed by atoms with Gasteiger partial charge in [-0.05, 0) is 58.8 Å². The van der Waals surface area contributed by atoms with E-state index in [0.717, 1.165) is 10.8 Å². The molecule has 0 atom stereocenters. The lowest BCUT2D eigenvalue weighted by Gasteiger charge is -2.05. The number of esters is 1. The number of ether oxygens (including phenoxy) is 1. The van der Waals surface area contributed by atoms with Gasteiger partial charge in [-0.15, -0.1) is 0 Å². The summed E-state index contributed by atoms with van der Waals surface area (Å²) < 4.78 is 5.22. The largest absolute Gasteiger partial charge is 0.423 e. The van der Waals surface area contributed by atoms with Gasteiger partial charge in [-0.3, -0.25) is 14.9 Å². The maximum Gasteiger partial charge on any atom is 0.350 e. The van der Waals surface area contributed by atoms with Gasteiger partial charge in [-0.25, -0.2) is 10.2 Å². The quantitative estimate of drug-likeness (QED) is 0.153. The fourth-order valence-corrected chi connectivity index (χ4v) is 3.15. The first-order valence-corrected chi connectivity index (χ1v) is 9.89. The number of nitrogens with one attached hydrogen (secondary N) is 1. The van der Waals surface area contributed by atoms with E-state index in [9.17, 15) is 19.7 Å². The third-order valence-electron chi connectivity index (χ3n) is 4.80. The lowest BCUT2D eigenvalue weighted by atomic mass is 10.1. The summed E-state index contributed by atoms with van der Waals surface area (Å²) in [6.07, 6.45) is 1.45. The lowest BCUT2D eigenvalue weighted by Crippen LogP contribution is -2.17. The second kappa shape index (κ2) is 9.52. The standard InChI is InChI=1S/C25H17N3O5/c29-24(20-12-11-18-5-1-2-6-19(18)15-20)27-26-16-17-9-13-21(14-10-17)33-25(30)22-7-3-4-8-23(22)28(31)32/h1-16H,(H,27,29)/b26-16-. The van der Waals surface area contributed by atoms with Crippen molar-refractivity contribution < 1.29 is 19.2 Å². The molecule has 4 aromatic rings. The molecule has 0 spiro atoms. The van der Waals surface area contributed by atoms with Crippen LogP contribution < -0.4 is 10.2 Å². The van der Waals surface area contributed by atoms with Crippen molar-refractivity contribution in [2.45, 2.75) is 0 Å². The van der Waals surface area contributed by atoms with E-state index in [0.29, 0.717) is 11.1 Å². The molecule has 162 valence electrons. The normalized spacial score (nSPS) is 10.8. The van der Waals surface area contributed by atoms with Crippen LogP contribution >= 0.6 is 0 Å². The predicted octanol–water partition coefficient (Wildman–Crippen LogP) is 4.73. The zero-order chi connectivity index (χ0) is 23.2. The van der Waals surface area contributed by atoms with E-state index < -0.39 is 10.9 Å². The first kappa shape index (κ1) is 21.4. The van der Waals surface area contributed by atoms with E-state index in [1.165, 1.54) is 42.6 Å². The van der Waals surface area contributed by atoms with Gasteiger partial charge in [-0.2, -0.15) is 5.10 Å². The minimum atomic E-state index is -0.827. The van der Waals surface area contributed by atoms with Crippen LogP contribution in [0.2, 0.25) is 0 Å². The van der Waals surface area contributed by atoms with E-state index in [2.05, 4.69) is 10.5 Å². The Labute approximate surface area is 188 Å². The number of carbonyl (C=O) groups is 2. The molecular weight excluding hydrogens is 422 g/mol. The van der Waals surface area contributed by atoms with Crippen molar-refractivity contribution in [3.8, 4) is 5.75 Å². The maximum atomic E-state index is 12.3. The van der Waals surface area contributed by atoms with Crippen LogP contribution in [0.15, 0.2) is 96.1 Å². The van der Waals surface area contributed by atoms with E-state index >= 15 is 0 Å². The van der Waals surface area contributed by atoms with Crippen LogP contribution in [0.5, 0.6) is 5.75 Å². The highest BCUT2D eigenvalue weighted by atomic mass is 16.6. The Kier molecular flexibility index (Phi) is 6.17. The smallest absolute Gasteiger partial charge is 0.350 e. The third kappa shape index (κ3) is 5.08. The highest BCUT2D eigenvalue weighted by molar-refractivity contribution is 5.99. The van der Waals surface area contributed by atoms with Crippen LogP contribution in [-0.2, 0) is 0 Å². The second-order valence-corrected chi connectivity index (χ2v) is 6.99. The zero-order valence-electron chi connectivity index (χ0n) is 17.2. The van der Waals surface area contributed by atoms with Crippen LogP contribution in [0.3, 0.4) is 0 Å². The molecule has 0 radical (unpaired) electrons. The van der Waals surface area contributed by atoms with Crippen LogP contribution in [0, 0.1) is 10.1 Å². The molecule has 1 N–H and O–H groups in total. The fourth-order valence-electron chi connectivity index (χ4n) is 3.15. The van der Waals surface area contributed by atoms with E-state index in [4.69, 9.17) is 4.74 Å². The number of hydrogen-bond acceptors (Lipinski definition) is 6. The molecule has 1 amide bonds. The number of para-hydroxylation sites is 1. The lowest BCUT2D eigenvalue weighted by molar-refractivity contribution is -0.385. The van der Waals surface area contributed by atoms with Gasteiger partial charge < -0.3 is 4.74 Å². The summed E-state index contributed by atoms with van der Waals surface area (Å²) in [5, 5.41) is 17.0. The van der Waals surface area contributed by atoms with E-state index in [1.807, 2.05) is 30.3 Å². The number of fused-ring (bicyclic) bond motifs is 1. The highest BCUT2D eigenvalue weighted by Crippen LogP contribution is 2.21. The molecule has 0 heterocycles. The molecule has 8 nitrogen and oxygen atoms in total. The molecule has 0 saturated carbocycles. The Balaban J connectivity index is 1.37. The van der Waals surface area contributed by atoms with Crippen molar-refractivity contribution in [1.29, 1.82) is 0 Å². The van der Waals surface area contributed by atoms with Gasteiger partial charge in [0.05, 0.1) is 11.1 Å². The Morgan fingerprint density at radius 2 is 1.58 bits per heavy atom. The van der Waals surface area contributed by atoms with Crippen molar-refractivity contribution in [2.24, 2.45) is 5.10 Å². The summed E-state index contributed by atoms with van der Waals surface area (Å²) >= 11 is 0. The Hall–Kier alpha value is -4.85. The van der Waals surface area contributed by atoms with Crippen molar-refractivity contribution in [3.63, 3.8) is 0 Å². The topological polar surface area (TPSA) is 111 Å². The summed E-state index contributed by atoms with van der Waals surface area (Å²) in [7, 11) is 0. The molecule has 0 fully saturated rings. The highest BCUT2D eigenvalue weighted by Gasteiger charge is 2.20. The Morgan fingerprint density at radius 3 is 2.33 bits per heavy atom. The average Bonchev–Trinajstić information content (AvgIpc) is 2.84. The van der Waals surface area contributed by atoms with Crippen LogP contribution in [0.25, 0.3) is 10.8 Å². The predicted molar refractivity (Wildman–Crippen MR) is 124 cm³/mol. The van der Waals surface area contributed by atoms with Gasteiger partial charge in [0.15, 0.2) is 0 Å². The molecule has 0 aliphatic carbocycles. The van der Waals surface area contributed by atoms with Crippen LogP contribution in [0.1, 0.15) is 26.3 Å². The number of nitro groups is 1. The van der Waals surface area contributed by atoms with Gasteiger partial charge in [0.25, 0.3) is 11.6 Å². The van der Waals surface area contributed by atoms with Gasteiger partial charge in [0.1, 0.15) is 11.3 Å². The number of nitro benzene ring substituents is 1. The molecular formula is C25H17N3O5. The summed E-state index contributed by atoms with van der Waals surface area (Å²) in [5.41, 5.74) is 3.16. The number of carbonyl (C=O) groups excluding carboxylic acids is 2. The molecule has 4 aromatic carbocycles. The van der Waals surface area contributed by atoms with Crippen molar-refractivity contribution in [2.75, 3.05) is 0 Å². The fraction of sp³-hybridized carbons (Fsp3) is 0. The number of nitrogens with zero attached hydrogens (tertiary/aromatic N) is 2. The van der Waals surface area contributed by atoms with E-state index in [1.54, 1.807) is 24.3 Å². The first-order chi connectivity index (χ1) is 16.0. The Morgan fingerprint density at radius 1 is 0.879 bits per heavy atom. The van der Waals surface area contributed by atoms with Crippen molar-refractivity contribution >= 4 is 34.6 Å². The first-order valence-electron chi connectivity index (χ1n) is 9.89. The summed E-state index contributed by atoms with van der Waals surface area (Å²) in [4.78, 5) is 35.1. The van der Waals surface area contributed by atoms with Gasteiger partial charge in [-0.1, -0.05) is 42.5 Å². The number of hydrogen-bond donors (Lipinski definition) is 1. The number of hydrazone groups is 1. The summed E-state index contributed by atoms with van der Waals surface area (Å²) in [6.45, 7) is 0. The second-order valence-electron chi connectivity index (χ2n) is 6.99. The number of benzene rings is 4. The summed E-state index contributed by atoms with van der Waals surface area (Å²) in [6, 6.07) is 25.0. The molecule has 0 unspecified atom stereocenters. The zero-order valence-corrected chi connectivity index (χ0v) is 17.2. The SMILES string of the molecule is O=C(N/N=C\c1ccc(OC(=O)c2ccccc2[N+](=O)[O-])cc1)c1ccc2ccccc2c1. The van der Waals surface area contributed by atoms with Crippen LogP contribution in [0.4, 0.5) is 5.69 Å². The van der Waals surface area contributed by atoms with Crippen molar-refractivity contribution in [3.05, 3.63) is 118 Å². The van der Waals surface area contributed by atoms with Gasteiger partial charge in [0.2, 0.25) is 0 Å². The number of rotatable bonds is 6. The number of amides is 1. The van der Waals surface area contributed by atoms with E-state index in [-0.39, 0.29) is 22.9 Å². The monoisotopic (exact) mass is 439 g/mol. The van der Waals surface area contributed by atoms with Gasteiger partial charge >= 0.3 is 5.97 Å². The van der Waals surface area contributed by atoms with Gasteiger partial charge in [0, 0.05) is 11.6 Å². The molecule has 33 heavy (non-hydrogen) atoms. The third-order valence-corrected chi connectivity index (χ3v) is 4.80. The average molecular weight is 439 g/mol. The Bertz CT molecular complexity index is 1380. The molecule has 0 bridgehead atoms. The molecule has 0 aliphatic heterocycles. The van der Waals surface area contributed by atoms with Crippen LogP contribution in [-0.4, -0.2) is 23.0 Å². The minimum absolute atomic E-state index is 0.135. The molecule has 8 heteroatoms. The molecule has 0 saturated heterocycles. The molecule has 0 aromatic heterocycles. The molecule has 0 aliphatic rings. The molecule has 4 rings (SSSR count).